The zero-order valence-electron chi connectivity index (χ0n) is 4.35. The molecule has 0 saturated carbocycles. The van der Waals surface area contributed by atoms with E-state index < -0.39 is 10.2 Å². The third-order valence-electron chi connectivity index (χ3n) is 0. The standard InChI is InChI=1S/Ca.Cu.2NO3/c;;2*2-1(3)4/q2*+2;2*-1. The molecule has 0 aromatic rings. The molecule has 0 heterocycles. The molecule has 0 amide bonds. The molecule has 0 aliphatic carbocycles. The molecule has 0 bridgehead atoms. The summed E-state index contributed by atoms with van der Waals surface area (Å²) in [5, 5.41) is 29.5. The zero-order valence-corrected chi connectivity index (χ0v) is 7.50. The molecule has 0 saturated heterocycles. The number of rotatable bonds is 0. The van der Waals surface area contributed by atoms with E-state index in [0.717, 1.165) is 0 Å². The monoisotopic (exact) mass is 227 g/mol. The second-order valence-electron chi connectivity index (χ2n) is 0.447. The van der Waals surface area contributed by atoms with E-state index in [0.29, 0.717) is 0 Å². The van der Waals surface area contributed by atoms with Gasteiger partial charge in [0.25, 0.3) is 0 Å². The van der Waals surface area contributed by atoms with E-state index in [9.17, 15) is 0 Å². The van der Waals surface area contributed by atoms with Crippen LogP contribution in [0.4, 0.5) is 0 Å². The van der Waals surface area contributed by atoms with E-state index in [2.05, 4.69) is 0 Å². The summed E-state index contributed by atoms with van der Waals surface area (Å²) >= 11 is 0. The quantitative estimate of drug-likeness (QED) is 0.300. The smallest absolute Gasteiger partial charge is 0.356 e. The number of hydrogen-bond acceptors (Lipinski definition) is 6. The van der Waals surface area contributed by atoms with Gasteiger partial charge in [-0.1, -0.05) is 0 Å². The van der Waals surface area contributed by atoms with Crippen molar-refractivity contribution >= 4 is 37.7 Å². The van der Waals surface area contributed by atoms with Crippen molar-refractivity contribution < 1.29 is 27.2 Å². The molecular formula is CaCuN2O6+2. The van der Waals surface area contributed by atoms with Crippen LogP contribution >= 0.6 is 0 Å². The Morgan fingerprint density at radius 1 is 0.800 bits per heavy atom. The largest absolute Gasteiger partial charge is 2.00 e. The van der Waals surface area contributed by atoms with Gasteiger partial charge in [0.1, 0.15) is 0 Å². The fraction of sp³-hybridized carbons (Fsp3) is 0. The van der Waals surface area contributed by atoms with E-state index in [1.54, 1.807) is 0 Å². The molecule has 0 aliphatic heterocycles. The minimum atomic E-state index is -1.75. The van der Waals surface area contributed by atoms with Gasteiger partial charge in [-0.3, -0.25) is 0 Å². The third kappa shape index (κ3) is 13100. The molecule has 0 aliphatic rings. The van der Waals surface area contributed by atoms with Gasteiger partial charge in [0.15, 0.2) is 0 Å². The predicted molar refractivity (Wildman–Crippen MR) is 26.5 cm³/mol. The minimum absolute atomic E-state index is 0. The van der Waals surface area contributed by atoms with Gasteiger partial charge in [0, 0.05) is 0 Å². The average molecular weight is 228 g/mol. The summed E-state index contributed by atoms with van der Waals surface area (Å²) in [6, 6.07) is 0. The van der Waals surface area contributed by atoms with Crippen molar-refractivity contribution in [2.45, 2.75) is 0 Å². The maximum Gasteiger partial charge on any atom is 2.00 e. The molecule has 8 nitrogen and oxygen atoms in total. The second-order valence-corrected chi connectivity index (χ2v) is 0.447. The summed E-state index contributed by atoms with van der Waals surface area (Å²) in [5.74, 6) is 0. The van der Waals surface area contributed by atoms with Crippen LogP contribution < -0.4 is 0 Å². The van der Waals surface area contributed by atoms with Crippen LogP contribution in [0.3, 0.4) is 0 Å². The first-order valence-corrected chi connectivity index (χ1v) is 1.10. The van der Waals surface area contributed by atoms with Crippen molar-refractivity contribution in [2.24, 2.45) is 0 Å². The van der Waals surface area contributed by atoms with Gasteiger partial charge in [0.2, 0.25) is 0 Å². The van der Waals surface area contributed by atoms with Crippen LogP contribution in [0.25, 0.3) is 0 Å². The molecule has 0 fully saturated rings. The maximum absolute atomic E-state index is 8.25. The van der Waals surface area contributed by atoms with E-state index in [1.165, 1.54) is 0 Å². The van der Waals surface area contributed by atoms with Crippen LogP contribution in [-0.2, 0) is 17.1 Å². The van der Waals surface area contributed by atoms with Crippen molar-refractivity contribution in [3.05, 3.63) is 30.6 Å². The van der Waals surface area contributed by atoms with Crippen LogP contribution in [0.2, 0.25) is 0 Å². The van der Waals surface area contributed by atoms with Gasteiger partial charge in [0.05, 0.1) is 10.2 Å². The summed E-state index contributed by atoms with van der Waals surface area (Å²) in [6.45, 7) is 0. The maximum atomic E-state index is 8.25. The molecule has 1 radical (unpaired) electrons. The number of nitrogens with zero attached hydrogens (tertiary/aromatic N) is 2. The van der Waals surface area contributed by atoms with Crippen LogP contribution in [0, 0.1) is 30.6 Å². The van der Waals surface area contributed by atoms with Gasteiger partial charge in [-0.15, -0.1) is 0 Å². The van der Waals surface area contributed by atoms with Gasteiger partial charge in [-0.25, -0.2) is 0 Å². The molecule has 0 unspecified atom stereocenters. The van der Waals surface area contributed by atoms with E-state index in [4.69, 9.17) is 30.6 Å². The van der Waals surface area contributed by atoms with Gasteiger partial charge >= 0.3 is 54.8 Å². The van der Waals surface area contributed by atoms with Crippen molar-refractivity contribution in [3.8, 4) is 0 Å². The Morgan fingerprint density at radius 2 is 0.800 bits per heavy atom. The molecule has 0 rings (SSSR count). The molecule has 0 aromatic carbocycles. The first kappa shape index (κ1) is 22.5. The second kappa shape index (κ2) is 16.1. The summed E-state index contributed by atoms with van der Waals surface area (Å²) < 4.78 is 0. The van der Waals surface area contributed by atoms with Crippen molar-refractivity contribution in [3.63, 3.8) is 0 Å². The Kier molecular flexibility index (Phi) is 36.1. The van der Waals surface area contributed by atoms with Crippen LogP contribution in [0.5, 0.6) is 0 Å². The first-order valence-electron chi connectivity index (χ1n) is 1.10. The van der Waals surface area contributed by atoms with E-state index in [-0.39, 0.29) is 54.8 Å². The fourth-order valence-corrected chi connectivity index (χ4v) is 0. The normalized spacial score (nSPS) is 4.80. The van der Waals surface area contributed by atoms with Gasteiger partial charge < -0.3 is 30.6 Å². The molecule has 57 valence electrons. The van der Waals surface area contributed by atoms with Crippen LogP contribution in [-0.4, -0.2) is 47.9 Å². The molecule has 0 aromatic heterocycles. The minimum Gasteiger partial charge on any atom is -0.356 e. The zero-order chi connectivity index (χ0) is 7.15. The molecule has 10 heteroatoms. The topological polar surface area (TPSA) is 132 Å². The molecule has 0 atom stereocenters. The first-order chi connectivity index (χ1) is 3.46. The van der Waals surface area contributed by atoms with E-state index >= 15 is 0 Å². The van der Waals surface area contributed by atoms with Crippen LogP contribution in [0.15, 0.2) is 0 Å². The molecular weight excluding hydrogens is 228 g/mol. The molecule has 10 heavy (non-hydrogen) atoms. The summed E-state index contributed by atoms with van der Waals surface area (Å²) in [6.07, 6.45) is 0. The van der Waals surface area contributed by atoms with Crippen molar-refractivity contribution in [1.82, 2.24) is 0 Å². The average Bonchev–Trinajstić information content (AvgIpc) is 1.25. The Balaban J connectivity index is -0.0000000300. The summed E-state index contributed by atoms with van der Waals surface area (Å²) in [5.41, 5.74) is 0. The molecule has 0 N–H and O–H groups in total. The number of hydrogen-bond donors (Lipinski definition) is 0. The van der Waals surface area contributed by atoms with Crippen molar-refractivity contribution in [1.29, 1.82) is 0 Å². The Labute approximate surface area is 94.9 Å². The van der Waals surface area contributed by atoms with Gasteiger partial charge in [-0.05, 0) is 0 Å². The third-order valence-corrected chi connectivity index (χ3v) is 0. The SMILES string of the molecule is O=[N+]([O-])[O-].O=[N+]([O-])[O-].[Ca+2].[Cu+2]. The van der Waals surface area contributed by atoms with Crippen molar-refractivity contribution in [2.75, 3.05) is 0 Å². The van der Waals surface area contributed by atoms with E-state index in [1.807, 2.05) is 0 Å². The van der Waals surface area contributed by atoms with Crippen LogP contribution in [0.1, 0.15) is 0 Å². The Morgan fingerprint density at radius 3 is 0.800 bits per heavy atom. The Hall–Kier alpha value is 0.179. The van der Waals surface area contributed by atoms with Gasteiger partial charge in [-0.2, -0.15) is 0 Å². The summed E-state index contributed by atoms with van der Waals surface area (Å²) in [4.78, 5) is 16.5. The summed E-state index contributed by atoms with van der Waals surface area (Å²) in [7, 11) is 0. The fourth-order valence-electron chi connectivity index (χ4n) is 0. The molecule has 0 spiro atoms. The Bertz CT molecular complexity index is 73.7. The predicted octanol–water partition coefficient (Wildman–Crippen LogP) is -0.862.